The summed E-state index contributed by atoms with van der Waals surface area (Å²) in [7, 11) is 0. The number of fused-ring (bicyclic) bond motifs is 3. The Morgan fingerprint density at radius 2 is 1.75 bits per heavy atom. The molecule has 1 aromatic carbocycles. The van der Waals surface area contributed by atoms with Crippen molar-refractivity contribution in [1.29, 1.82) is 0 Å². The van der Waals surface area contributed by atoms with Crippen LogP contribution in [0.4, 0.5) is 17.6 Å². The highest BCUT2D eigenvalue weighted by Gasteiger charge is 2.22. The Kier molecular flexibility index (Phi) is 3.01. The van der Waals surface area contributed by atoms with E-state index >= 15 is 0 Å². The van der Waals surface area contributed by atoms with Crippen molar-refractivity contribution < 1.29 is 22.0 Å². The number of hydrogen-bond acceptors (Lipinski definition) is 3. The fourth-order valence-electron chi connectivity index (χ4n) is 1.94. The first kappa shape index (κ1) is 13.1. The van der Waals surface area contributed by atoms with E-state index in [9.17, 15) is 17.6 Å². The summed E-state index contributed by atoms with van der Waals surface area (Å²) in [6.45, 7) is 0. The molecule has 8 heteroatoms. The highest BCUT2D eigenvalue weighted by atomic mass is 35.5. The lowest BCUT2D eigenvalue weighted by molar-refractivity contribution is 0.141. The molecule has 0 N–H and O–H groups in total. The van der Waals surface area contributed by atoms with Crippen molar-refractivity contribution in [2.75, 3.05) is 0 Å². The van der Waals surface area contributed by atoms with Gasteiger partial charge in [-0.15, -0.1) is 0 Å². The second-order valence-corrected chi connectivity index (χ2v) is 4.34. The van der Waals surface area contributed by atoms with Gasteiger partial charge in [-0.05, 0) is 12.1 Å². The van der Waals surface area contributed by atoms with Crippen molar-refractivity contribution in [3.63, 3.8) is 0 Å². The van der Waals surface area contributed by atoms with Crippen LogP contribution in [0.3, 0.4) is 0 Å². The van der Waals surface area contributed by atoms with Crippen LogP contribution in [-0.4, -0.2) is 9.97 Å². The predicted octanol–water partition coefficient (Wildman–Crippen LogP) is 4.90. The van der Waals surface area contributed by atoms with Gasteiger partial charge in [-0.2, -0.15) is 0 Å². The van der Waals surface area contributed by atoms with Crippen LogP contribution < -0.4 is 0 Å². The van der Waals surface area contributed by atoms with E-state index in [2.05, 4.69) is 9.97 Å². The number of para-hydroxylation sites is 1. The number of nitrogens with zero attached hydrogens (tertiary/aromatic N) is 2. The quantitative estimate of drug-likeness (QED) is 0.499. The Bertz CT molecular complexity index is 803. The van der Waals surface area contributed by atoms with E-state index in [0.29, 0.717) is 0 Å². The minimum Gasteiger partial charge on any atom is -0.451 e. The van der Waals surface area contributed by atoms with Crippen LogP contribution in [0.2, 0.25) is 5.15 Å². The lowest BCUT2D eigenvalue weighted by atomic mass is 10.1. The standard InChI is InChI=1S/C12H5ClF4N2O/c13-9-8-6(18-12(19-9)11(16)17)4-2-1-3-5(10(14)15)7(4)20-8/h1-3,10-11H. The molecule has 0 unspecified atom stereocenters. The van der Waals surface area contributed by atoms with Crippen molar-refractivity contribution in [1.82, 2.24) is 9.97 Å². The summed E-state index contributed by atoms with van der Waals surface area (Å²) in [4.78, 5) is 7.03. The second kappa shape index (κ2) is 4.59. The summed E-state index contributed by atoms with van der Waals surface area (Å²) in [6.07, 6.45) is -5.68. The smallest absolute Gasteiger partial charge is 0.297 e. The number of benzene rings is 1. The molecule has 0 aliphatic heterocycles. The monoisotopic (exact) mass is 304 g/mol. The molecule has 0 atom stereocenters. The Labute approximate surface area is 114 Å². The highest BCUT2D eigenvalue weighted by Crippen LogP contribution is 2.36. The zero-order chi connectivity index (χ0) is 14.4. The van der Waals surface area contributed by atoms with Crippen LogP contribution in [0.5, 0.6) is 0 Å². The molecule has 0 spiro atoms. The predicted molar refractivity (Wildman–Crippen MR) is 64.2 cm³/mol. The SMILES string of the molecule is FC(F)c1nc(Cl)c2oc3c(C(F)F)cccc3c2n1. The van der Waals surface area contributed by atoms with E-state index in [1.165, 1.54) is 18.2 Å². The highest BCUT2D eigenvalue weighted by molar-refractivity contribution is 6.34. The van der Waals surface area contributed by atoms with Crippen LogP contribution >= 0.6 is 11.6 Å². The maximum absolute atomic E-state index is 12.9. The molecule has 0 fully saturated rings. The first-order chi connectivity index (χ1) is 9.49. The molecule has 0 bridgehead atoms. The molecule has 0 radical (unpaired) electrons. The van der Waals surface area contributed by atoms with Gasteiger partial charge in [0.2, 0.25) is 0 Å². The van der Waals surface area contributed by atoms with Crippen LogP contribution in [0.25, 0.3) is 22.1 Å². The van der Waals surface area contributed by atoms with Crippen molar-refractivity contribution >= 4 is 33.7 Å². The first-order valence-electron chi connectivity index (χ1n) is 5.44. The van der Waals surface area contributed by atoms with Gasteiger partial charge in [-0.3, -0.25) is 0 Å². The van der Waals surface area contributed by atoms with Gasteiger partial charge in [0.15, 0.2) is 16.6 Å². The molecular formula is C12H5ClF4N2O. The fourth-order valence-corrected chi connectivity index (χ4v) is 2.15. The number of rotatable bonds is 2. The minimum absolute atomic E-state index is 0.00204. The Balaban J connectivity index is 2.43. The average molecular weight is 305 g/mol. The van der Waals surface area contributed by atoms with Crippen molar-refractivity contribution in [2.45, 2.75) is 12.9 Å². The maximum atomic E-state index is 12.9. The third kappa shape index (κ3) is 1.89. The normalized spacial score (nSPS) is 12.2. The topological polar surface area (TPSA) is 38.9 Å². The molecular weight excluding hydrogens is 300 g/mol. The van der Waals surface area contributed by atoms with Gasteiger partial charge < -0.3 is 4.42 Å². The molecule has 2 aromatic heterocycles. The summed E-state index contributed by atoms with van der Waals surface area (Å²) in [6, 6.07) is 4.01. The molecule has 0 aliphatic carbocycles. The Morgan fingerprint density at radius 3 is 2.40 bits per heavy atom. The summed E-state index contributed by atoms with van der Waals surface area (Å²) in [5, 5.41) is -0.134. The van der Waals surface area contributed by atoms with Crippen LogP contribution in [0, 0.1) is 0 Å². The van der Waals surface area contributed by atoms with Gasteiger partial charge in [0.05, 0.1) is 5.56 Å². The summed E-state index contributed by atoms with van der Waals surface area (Å²) >= 11 is 5.74. The van der Waals surface area contributed by atoms with Crippen LogP contribution in [0.1, 0.15) is 24.2 Å². The Morgan fingerprint density at radius 1 is 1.00 bits per heavy atom. The summed E-state index contributed by atoms with van der Waals surface area (Å²) < 4.78 is 56.3. The Hall–Kier alpha value is -1.89. The van der Waals surface area contributed by atoms with E-state index in [-0.39, 0.29) is 32.8 Å². The van der Waals surface area contributed by atoms with Crippen LogP contribution in [0.15, 0.2) is 22.6 Å². The van der Waals surface area contributed by atoms with E-state index < -0.39 is 18.7 Å². The van der Waals surface area contributed by atoms with E-state index in [1.54, 1.807) is 0 Å². The summed E-state index contributed by atoms with van der Waals surface area (Å²) in [5.74, 6) is -0.771. The molecule has 3 nitrogen and oxygen atoms in total. The lowest BCUT2D eigenvalue weighted by Crippen LogP contribution is -1.95. The van der Waals surface area contributed by atoms with Crippen molar-refractivity contribution in [2.24, 2.45) is 0 Å². The zero-order valence-electron chi connectivity index (χ0n) is 9.58. The third-order valence-corrected chi connectivity index (χ3v) is 3.03. The maximum Gasteiger partial charge on any atom is 0.297 e. The van der Waals surface area contributed by atoms with Gasteiger partial charge in [0, 0.05) is 5.39 Å². The number of hydrogen-bond donors (Lipinski definition) is 0. The zero-order valence-corrected chi connectivity index (χ0v) is 10.3. The summed E-state index contributed by atoms with van der Waals surface area (Å²) in [5.41, 5.74) is -0.563. The van der Waals surface area contributed by atoms with Crippen molar-refractivity contribution in [3.05, 3.63) is 34.7 Å². The van der Waals surface area contributed by atoms with E-state index in [4.69, 9.17) is 16.0 Å². The van der Waals surface area contributed by atoms with E-state index in [0.717, 1.165) is 0 Å². The first-order valence-corrected chi connectivity index (χ1v) is 5.81. The van der Waals surface area contributed by atoms with Gasteiger partial charge in [0.1, 0.15) is 11.1 Å². The average Bonchev–Trinajstić information content (AvgIpc) is 2.77. The molecule has 104 valence electrons. The third-order valence-electron chi connectivity index (χ3n) is 2.78. The lowest BCUT2D eigenvalue weighted by Gasteiger charge is -1.99. The van der Waals surface area contributed by atoms with E-state index in [1.807, 2.05) is 0 Å². The molecule has 2 heterocycles. The van der Waals surface area contributed by atoms with Gasteiger partial charge in [0.25, 0.3) is 12.9 Å². The van der Waals surface area contributed by atoms with Gasteiger partial charge in [-0.25, -0.2) is 27.5 Å². The molecule has 20 heavy (non-hydrogen) atoms. The fraction of sp³-hybridized carbons (Fsp3) is 0.167. The van der Waals surface area contributed by atoms with Crippen molar-refractivity contribution in [3.8, 4) is 0 Å². The minimum atomic E-state index is -2.92. The molecule has 3 rings (SSSR count). The van der Waals surface area contributed by atoms with Gasteiger partial charge in [-0.1, -0.05) is 17.7 Å². The number of aromatic nitrogens is 2. The van der Waals surface area contributed by atoms with Crippen LogP contribution in [-0.2, 0) is 0 Å². The number of alkyl halides is 4. The number of halogens is 5. The molecule has 0 aliphatic rings. The molecule has 0 amide bonds. The number of furan rings is 1. The molecule has 0 saturated heterocycles. The van der Waals surface area contributed by atoms with Gasteiger partial charge >= 0.3 is 0 Å². The largest absolute Gasteiger partial charge is 0.451 e. The molecule has 0 saturated carbocycles. The molecule has 3 aromatic rings. The second-order valence-electron chi connectivity index (χ2n) is 3.98.